The highest BCUT2D eigenvalue weighted by atomic mass is 32.1. The zero-order valence-electron chi connectivity index (χ0n) is 8.32. The summed E-state index contributed by atoms with van der Waals surface area (Å²) in [5.74, 6) is 0.798. The second-order valence-corrected chi connectivity index (χ2v) is 4.97. The number of hydrogen-bond acceptors (Lipinski definition) is 4. The van der Waals surface area contributed by atoms with Crippen molar-refractivity contribution in [3.05, 3.63) is 22.7 Å². The molecule has 0 saturated carbocycles. The summed E-state index contributed by atoms with van der Waals surface area (Å²) in [6.45, 7) is 0. The molecule has 0 radical (unpaired) electrons. The second-order valence-electron chi connectivity index (χ2n) is 3.83. The predicted octanol–water partition coefficient (Wildman–Crippen LogP) is 2.86. The van der Waals surface area contributed by atoms with Gasteiger partial charge in [0.05, 0.1) is 11.1 Å². The molecule has 15 heavy (non-hydrogen) atoms. The standard InChI is InChI=1S/C11H12N2OS/c12-11-13-6-8(14-11)10-5-7-3-1-2-4-9(7)15-10/h5-6H,1-4H2,(H2,12,13). The van der Waals surface area contributed by atoms with Crippen molar-refractivity contribution >= 4 is 17.4 Å². The van der Waals surface area contributed by atoms with E-state index in [1.165, 1.54) is 36.1 Å². The molecule has 4 heteroatoms. The number of nitrogens with zero attached hydrogens (tertiary/aromatic N) is 1. The van der Waals surface area contributed by atoms with Gasteiger partial charge in [0.25, 0.3) is 6.01 Å². The molecule has 0 aliphatic heterocycles. The molecular formula is C11H12N2OS. The lowest BCUT2D eigenvalue weighted by molar-refractivity contribution is 0.596. The third kappa shape index (κ3) is 1.55. The van der Waals surface area contributed by atoms with E-state index in [1.807, 2.05) is 11.3 Å². The third-order valence-electron chi connectivity index (χ3n) is 2.76. The van der Waals surface area contributed by atoms with Crippen molar-refractivity contribution in [3.8, 4) is 10.6 Å². The summed E-state index contributed by atoms with van der Waals surface area (Å²) in [6.07, 6.45) is 6.74. The molecule has 2 heterocycles. The molecule has 1 aliphatic carbocycles. The monoisotopic (exact) mass is 220 g/mol. The topological polar surface area (TPSA) is 52.0 Å². The first kappa shape index (κ1) is 8.97. The molecule has 0 spiro atoms. The maximum Gasteiger partial charge on any atom is 0.292 e. The van der Waals surface area contributed by atoms with Crippen LogP contribution in [0.3, 0.4) is 0 Å². The van der Waals surface area contributed by atoms with Crippen molar-refractivity contribution in [1.82, 2.24) is 4.98 Å². The minimum atomic E-state index is 0.247. The summed E-state index contributed by atoms with van der Waals surface area (Å²) in [5, 5.41) is 0. The van der Waals surface area contributed by atoms with Gasteiger partial charge in [-0.25, -0.2) is 4.98 Å². The Morgan fingerprint density at radius 1 is 1.33 bits per heavy atom. The lowest BCUT2D eigenvalue weighted by Gasteiger charge is -2.08. The van der Waals surface area contributed by atoms with Crippen molar-refractivity contribution in [2.24, 2.45) is 0 Å². The van der Waals surface area contributed by atoms with Gasteiger partial charge in [-0.2, -0.15) is 0 Å². The first-order valence-corrected chi connectivity index (χ1v) is 5.98. The van der Waals surface area contributed by atoms with Crippen LogP contribution in [0.5, 0.6) is 0 Å². The summed E-state index contributed by atoms with van der Waals surface area (Å²) in [4.78, 5) is 6.58. The summed E-state index contributed by atoms with van der Waals surface area (Å²) in [5.41, 5.74) is 6.95. The van der Waals surface area contributed by atoms with Gasteiger partial charge >= 0.3 is 0 Å². The number of aromatic nitrogens is 1. The largest absolute Gasteiger partial charge is 0.423 e. The van der Waals surface area contributed by atoms with Crippen LogP contribution < -0.4 is 5.73 Å². The van der Waals surface area contributed by atoms with Crippen LogP contribution in [0, 0.1) is 0 Å². The Labute approximate surface area is 91.9 Å². The van der Waals surface area contributed by atoms with Crippen LogP contribution in [0.2, 0.25) is 0 Å². The fourth-order valence-corrected chi connectivity index (χ4v) is 3.21. The van der Waals surface area contributed by atoms with Gasteiger partial charge in [-0.1, -0.05) is 0 Å². The number of aryl methyl sites for hydroxylation is 2. The van der Waals surface area contributed by atoms with Gasteiger partial charge in [-0.05, 0) is 37.3 Å². The number of oxazole rings is 1. The molecule has 2 aromatic heterocycles. The maximum atomic E-state index is 5.46. The average molecular weight is 220 g/mol. The number of nitrogen functional groups attached to an aromatic ring is 1. The number of anilines is 1. The summed E-state index contributed by atoms with van der Waals surface area (Å²) in [6, 6.07) is 2.47. The number of nitrogens with two attached hydrogens (primary N) is 1. The van der Waals surface area contributed by atoms with Crippen LogP contribution in [-0.4, -0.2) is 4.98 Å². The molecule has 3 rings (SSSR count). The molecule has 3 nitrogen and oxygen atoms in total. The zero-order valence-corrected chi connectivity index (χ0v) is 9.14. The van der Waals surface area contributed by atoms with E-state index in [9.17, 15) is 0 Å². The first-order valence-electron chi connectivity index (χ1n) is 5.16. The number of thiophene rings is 1. The van der Waals surface area contributed by atoms with Gasteiger partial charge in [0.1, 0.15) is 0 Å². The number of rotatable bonds is 1. The smallest absolute Gasteiger partial charge is 0.292 e. The second kappa shape index (κ2) is 3.38. The first-order chi connectivity index (χ1) is 7.33. The minimum absolute atomic E-state index is 0.247. The van der Waals surface area contributed by atoms with E-state index in [4.69, 9.17) is 10.2 Å². The molecule has 1 aliphatic rings. The van der Waals surface area contributed by atoms with Crippen LogP contribution in [0.15, 0.2) is 16.7 Å². The van der Waals surface area contributed by atoms with Crippen molar-refractivity contribution in [3.63, 3.8) is 0 Å². The van der Waals surface area contributed by atoms with E-state index in [-0.39, 0.29) is 6.01 Å². The Balaban J connectivity index is 2.02. The quantitative estimate of drug-likeness (QED) is 0.804. The average Bonchev–Trinajstić information content (AvgIpc) is 2.82. The Bertz CT molecular complexity index is 463. The molecular weight excluding hydrogens is 208 g/mol. The van der Waals surface area contributed by atoms with Crippen LogP contribution in [0.1, 0.15) is 23.3 Å². The van der Waals surface area contributed by atoms with E-state index in [0.29, 0.717) is 0 Å². The predicted molar refractivity (Wildman–Crippen MR) is 60.9 cm³/mol. The van der Waals surface area contributed by atoms with E-state index in [2.05, 4.69) is 11.1 Å². The Morgan fingerprint density at radius 2 is 2.20 bits per heavy atom. The number of hydrogen-bond donors (Lipinski definition) is 1. The van der Waals surface area contributed by atoms with Crippen LogP contribution in [-0.2, 0) is 12.8 Å². The fraction of sp³-hybridized carbons (Fsp3) is 0.364. The van der Waals surface area contributed by atoms with Crippen LogP contribution in [0.25, 0.3) is 10.6 Å². The zero-order chi connectivity index (χ0) is 10.3. The molecule has 0 amide bonds. The van der Waals surface area contributed by atoms with Gasteiger partial charge < -0.3 is 10.2 Å². The SMILES string of the molecule is Nc1ncc(-c2cc3c(s2)CCCC3)o1. The molecule has 0 bridgehead atoms. The molecule has 0 fully saturated rings. The van der Waals surface area contributed by atoms with Crippen LogP contribution >= 0.6 is 11.3 Å². The fourth-order valence-electron chi connectivity index (χ4n) is 2.01. The van der Waals surface area contributed by atoms with Crippen LogP contribution in [0.4, 0.5) is 6.01 Å². The number of fused-ring (bicyclic) bond motifs is 1. The van der Waals surface area contributed by atoms with Gasteiger partial charge in [0.2, 0.25) is 0 Å². The van der Waals surface area contributed by atoms with Crippen molar-refractivity contribution < 1.29 is 4.42 Å². The highest BCUT2D eigenvalue weighted by molar-refractivity contribution is 7.15. The van der Waals surface area contributed by atoms with E-state index >= 15 is 0 Å². The third-order valence-corrected chi connectivity index (χ3v) is 4.01. The molecule has 0 unspecified atom stereocenters. The molecule has 0 atom stereocenters. The highest BCUT2D eigenvalue weighted by Gasteiger charge is 2.15. The molecule has 78 valence electrons. The lowest BCUT2D eigenvalue weighted by Crippen LogP contribution is -1.96. The Hall–Kier alpha value is -1.29. The van der Waals surface area contributed by atoms with E-state index in [1.54, 1.807) is 6.20 Å². The maximum absolute atomic E-state index is 5.46. The highest BCUT2D eigenvalue weighted by Crippen LogP contribution is 2.36. The summed E-state index contributed by atoms with van der Waals surface area (Å²) in [7, 11) is 0. The van der Waals surface area contributed by atoms with Gasteiger partial charge in [0.15, 0.2) is 5.76 Å². The molecule has 0 aromatic carbocycles. The summed E-state index contributed by atoms with van der Waals surface area (Å²) < 4.78 is 5.32. The van der Waals surface area contributed by atoms with Gasteiger partial charge in [0, 0.05) is 4.88 Å². The Morgan fingerprint density at radius 3 is 2.93 bits per heavy atom. The van der Waals surface area contributed by atoms with Crippen molar-refractivity contribution in [1.29, 1.82) is 0 Å². The minimum Gasteiger partial charge on any atom is -0.423 e. The molecule has 0 saturated heterocycles. The van der Waals surface area contributed by atoms with Gasteiger partial charge in [-0.3, -0.25) is 0 Å². The molecule has 2 N–H and O–H groups in total. The van der Waals surface area contributed by atoms with E-state index in [0.717, 1.165) is 10.6 Å². The van der Waals surface area contributed by atoms with E-state index < -0.39 is 0 Å². The van der Waals surface area contributed by atoms with Crippen molar-refractivity contribution in [2.75, 3.05) is 5.73 Å². The normalized spacial score (nSPS) is 15.2. The molecule has 2 aromatic rings. The Kier molecular flexibility index (Phi) is 2.02. The van der Waals surface area contributed by atoms with Crippen molar-refractivity contribution in [2.45, 2.75) is 25.7 Å². The summed E-state index contributed by atoms with van der Waals surface area (Å²) >= 11 is 1.81. The van der Waals surface area contributed by atoms with Gasteiger partial charge in [-0.15, -0.1) is 11.3 Å². The lowest BCUT2D eigenvalue weighted by atomic mass is 9.99.